The van der Waals surface area contributed by atoms with Gasteiger partial charge in [0, 0.05) is 25.6 Å². The van der Waals surface area contributed by atoms with Crippen LogP contribution in [0.15, 0.2) is 24.3 Å². The van der Waals surface area contributed by atoms with Crippen LogP contribution in [-0.4, -0.2) is 45.4 Å². The Bertz CT molecular complexity index is 419. The molecule has 1 aromatic rings. The molecule has 1 atom stereocenters. The third kappa shape index (κ3) is 6.33. The van der Waals surface area contributed by atoms with E-state index in [1.807, 2.05) is 24.3 Å². The number of hydrogen-bond donors (Lipinski definition) is 2. The smallest absolute Gasteiger partial charge is 0.221 e. The molecular formula is C15H23ClN2O3. The SMILES string of the molecule is COc1ccc(CCNC(=O)CC2COCCN2)cc1.Cl. The number of carbonyl (C=O) groups excluding carboxylic acids is 1. The van der Waals surface area contributed by atoms with Crippen molar-refractivity contribution in [3.8, 4) is 5.75 Å². The van der Waals surface area contributed by atoms with Crippen LogP contribution in [0, 0.1) is 0 Å². The van der Waals surface area contributed by atoms with Gasteiger partial charge in [-0.05, 0) is 24.1 Å². The largest absolute Gasteiger partial charge is 0.497 e. The highest BCUT2D eigenvalue weighted by molar-refractivity contribution is 5.85. The molecule has 0 saturated carbocycles. The highest BCUT2D eigenvalue weighted by Gasteiger charge is 2.16. The van der Waals surface area contributed by atoms with E-state index >= 15 is 0 Å². The Kier molecular flexibility index (Phi) is 8.12. The van der Waals surface area contributed by atoms with E-state index in [1.165, 1.54) is 5.56 Å². The Hall–Kier alpha value is -1.30. The molecule has 1 aliphatic heterocycles. The molecule has 0 bridgehead atoms. The minimum Gasteiger partial charge on any atom is -0.497 e. The first-order valence-electron chi connectivity index (χ1n) is 6.98. The molecule has 1 fully saturated rings. The summed E-state index contributed by atoms with van der Waals surface area (Å²) < 4.78 is 10.4. The van der Waals surface area contributed by atoms with Crippen LogP contribution in [0.3, 0.4) is 0 Å². The molecule has 2 rings (SSSR count). The average Bonchev–Trinajstić information content (AvgIpc) is 2.49. The van der Waals surface area contributed by atoms with Gasteiger partial charge in [-0.2, -0.15) is 0 Å². The first-order chi connectivity index (χ1) is 9.78. The standard InChI is InChI=1S/C15H22N2O3.ClH/c1-19-14-4-2-12(3-5-14)6-7-17-15(18)10-13-11-20-9-8-16-13;/h2-5,13,16H,6-11H2,1H3,(H,17,18);1H. The van der Waals surface area contributed by atoms with Crippen molar-refractivity contribution in [2.45, 2.75) is 18.9 Å². The van der Waals surface area contributed by atoms with Gasteiger partial charge in [-0.3, -0.25) is 4.79 Å². The summed E-state index contributed by atoms with van der Waals surface area (Å²) in [5, 5.41) is 6.21. The van der Waals surface area contributed by atoms with Crippen LogP contribution >= 0.6 is 12.4 Å². The van der Waals surface area contributed by atoms with Crippen LogP contribution < -0.4 is 15.4 Å². The Labute approximate surface area is 131 Å². The molecule has 118 valence electrons. The molecule has 1 saturated heterocycles. The van der Waals surface area contributed by atoms with Gasteiger partial charge in [-0.15, -0.1) is 12.4 Å². The number of amides is 1. The third-order valence-electron chi connectivity index (χ3n) is 3.33. The second-order valence-electron chi connectivity index (χ2n) is 4.88. The van der Waals surface area contributed by atoms with Crippen molar-refractivity contribution in [1.29, 1.82) is 0 Å². The van der Waals surface area contributed by atoms with Crippen LogP contribution in [0.1, 0.15) is 12.0 Å². The fraction of sp³-hybridized carbons (Fsp3) is 0.533. The van der Waals surface area contributed by atoms with Crippen LogP contribution in [0.25, 0.3) is 0 Å². The zero-order chi connectivity index (χ0) is 14.2. The lowest BCUT2D eigenvalue weighted by atomic mass is 10.1. The van der Waals surface area contributed by atoms with Gasteiger partial charge >= 0.3 is 0 Å². The first kappa shape index (κ1) is 17.8. The molecule has 0 radical (unpaired) electrons. The molecule has 21 heavy (non-hydrogen) atoms. The number of ether oxygens (including phenoxy) is 2. The molecule has 6 heteroatoms. The van der Waals surface area contributed by atoms with E-state index in [0.29, 0.717) is 19.6 Å². The average molecular weight is 315 g/mol. The molecule has 1 aliphatic rings. The van der Waals surface area contributed by atoms with Gasteiger partial charge in [0.1, 0.15) is 5.75 Å². The van der Waals surface area contributed by atoms with Crippen LogP contribution in [0.5, 0.6) is 5.75 Å². The normalized spacial score (nSPS) is 17.7. The summed E-state index contributed by atoms with van der Waals surface area (Å²) >= 11 is 0. The second-order valence-corrected chi connectivity index (χ2v) is 4.88. The predicted molar refractivity (Wildman–Crippen MR) is 84.2 cm³/mol. The number of benzene rings is 1. The van der Waals surface area contributed by atoms with Crippen LogP contribution in [-0.2, 0) is 16.0 Å². The van der Waals surface area contributed by atoms with Crippen molar-refractivity contribution < 1.29 is 14.3 Å². The maximum Gasteiger partial charge on any atom is 0.221 e. The fourth-order valence-electron chi connectivity index (χ4n) is 2.19. The number of morpholine rings is 1. The highest BCUT2D eigenvalue weighted by atomic mass is 35.5. The number of nitrogens with one attached hydrogen (secondary N) is 2. The number of rotatable bonds is 6. The quantitative estimate of drug-likeness (QED) is 0.827. The summed E-state index contributed by atoms with van der Waals surface area (Å²) in [4.78, 5) is 11.8. The molecule has 1 amide bonds. The molecule has 0 aromatic heterocycles. The van der Waals surface area contributed by atoms with Crippen LogP contribution in [0.2, 0.25) is 0 Å². The van der Waals surface area contributed by atoms with Gasteiger partial charge in [0.15, 0.2) is 0 Å². The monoisotopic (exact) mass is 314 g/mol. The van der Waals surface area contributed by atoms with E-state index in [9.17, 15) is 4.79 Å². The van der Waals surface area contributed by atoms with Crippen LogP contribution in [0.4, 0.5) is 0 Å². The molecule has 1 unspecified atom stereocenters. The topological polar surface area (TPSA) is 59.6 Å². The Morgan fingerprint density at radius 2 is 2.19 bits per heavy atom. The van der Waals surface area contributed by atoms with Gasteiger partial charge in [0.05, 0.1) is 20.3 Å². The van der Waals surface area contributed by atoms with E-state index in [-0.39, 0.29) is 24.4 Å². The minimum atomic E-state index is 0. The predicted octanol–water partition coefficient (Wildman–Crippen LogP) is 1.15. The molecular weight excluding hydrogens is 292 g/mol. The number of carbonyl (C=O) groups is 1. The van der Waals surface area contributed by atoms with Crippen molar-refractivity contribution in [2.75, 3.05) is 33.4 Å². The molecule has 0 aliphatic carbocycles. The van der Waals surface area contributed by atoms with Gasteiger partial charge in [-0.25, -0.2) is 0 Å². The molecule has 1 heterocycles. The van der Waals surface area contributed by atoms with Gasteiger partial charge < -0.3 is 20.1 Å². The first-order valence-corrected chi connectivity index (χ1v) is 6.98. The van der Waals surface area contributed by atoms with E-state index in [4.69, 9.17) is 9.47 Å². The maximum absolute atomic E-state index is 11.8. The van der Waals surface area contributed by atoms with Gasteiger partial charge in [-0.1, -0.05) is 12.1 Å². The summed E-state index contributed by atoms with van der Waals surface area (Å²) in [6, 6.07) is 8.04. The lowest BCUT2D eigenvalue weighted by Gasteiger charge is -2.23. The zero-order valence-corrected chi connectivity index (χ0v) is 13.1. The Morgan fingerprint density at radius 3 is 2.81 bits per heavy atom. The summed E-state index contributed by atoms with van der Waals surface area (Å²) in [5.41, 5.74) is 1.19. The van der Waals surface area contributed by atoms with Crippen molar-refractivity contribution >= 4 is 18.3 Å². The summed E-state index contributed by atoms with van der Waals surface area (Å²) in [7, 11) is 1.65. The Balaban J connectivity index is 0.00000220. The van der Waals surface area contributed by atoms with Crippen molar-refractivity contribution in [2.24, 2.45) is 0 Å². The molecule has 0 spiro atoms. The molecule has 1 aromatic carbocycles. The van der Waals surface area contributed by atoms with E-state index in [1.54, 1.807) is 7.11 Å². The summed E-state index contributed by atoms with van der Waals surface area (Å²) in [6.45, 7) is 2.82. The molecule has 2 N–H and O–H groups in total. The van der Waals surface area contributed by atoms with E-state index in [0.717, 1.165) is 25.3 Å². The minimum absolute atomic E-state index is 0. The molecule has 5 nitrogen and oxygen atoms in total. The maximum atomic E-state index is 11.8. The van der Waals surface area contributed by atoms with E-state index < -0.39 is 0 Å². The zero-order valence-electron chi connectivity index (χ0n) is 12.3. The fourth-order valence-corrected chi connectivity index (χ4v) is 2.19. The highest BCUT2D eigenvalue weighted by Crippen LogP contribution is 2.11. The van der Waals surface area contributed by atoms with Gasteiger partial charge in [0.2, 0.25) is 5.91 Å². The lowest BCUT2D eigenvalue weighted by molar-refractivity contribution is -0.122. The summed E-state index contributed by atoms with van der Waals surface area (Å²) in [5.74, 6) is 0.919. The van der Waals surface area contributed by atoms with E-state index in [2.05, 4.69) is 10.6 Å². The number of hydrogen-bond acceptors (Lipinski definition) is 4. The lowest BCUT2D eigenvalue weighted by Crippen LogP contribution is -2.44. The van der Waals surface area contributed by atoms with Crippen molar-refractivity contribution in [3.63, 3.8) is 0 Å². The van der Waals surface area contributed by atoms with Crippen molar-refractivity contribution in [3.05, 3.63) is 29.8 Å². The number of methoxy groups -OCH3 is 1. The second kappa shape index (κ2) is 9.60. The van der Waals surface area contributed by atoms with Gasteiger partial charge in [0.25, 0.3) is 0 Å². The third-order valence-corrected chi connectivity index (χ3v) is 3.33. The summed E-state index contributed by atoms with van der Waals surface area (Å²) in [6.07, 6.45) is 1.30. The van der Waals surface area contributed by atoms with Crippen molar-refractivity contribution in [1.82, 2.24) is 10.6 Å². The number of halogens is 1. The Morgan fingerprint density at radius 1 is 1.43 bits per heavy atom.